The lowest BCUT2D eigenvalue weighted by Crippen LogP contribution is -2.19. The molecule has 1 aliphatic rings. The minimum Gasteiger partial charge on any atom is -0.370 e. The molecule has 0 spiro atoms. The van der Waals surface area contributed by atoms with Crippen LogP contribution in [0.5, 0.6) is 0 Å². The summed E-state index contributed by atoms with van der Waals surface area (Å²) in [6.45, 7) is 0. The molecule has 3 rings (SSSR count). The van der Waals surface area contributed by atoms with Crippen molar-refractivity contribution in [2.24, 2.45) is 11.7 Å². The molecule has 3 heteroatoms. The summed E-state index contributed by atoms with van der Waals surface area (Å²) in [4.78, 5) is 12.5. The largest absolute Gasteiger partial charge is 0.370 e. The molecule has 0 bridgehead atoms. The highest BCUT2D eigenvalue weighted by Crippen LogP contribution is 2.39. The molecule has 132 valence electrons. The molecule has 1 saturated carbocycles. The van der Waals surface area contributed by atoms with Gasteiger partial charge in [-0.15, -0.1) is 11.8 Å². The van der Waals surface area contributed by atoms with Gasteiger partial charge in [0.2, 0.25) is 5.91 Å². The highest BCUT2D eigenvalue weighted by Gasteiger charge is 2.25. The highest BCUT2D eigenvalue weighted by atomic mass is 32.2. The molecule has 1 fully saturated rings. The number of amides is 1. The van der Waals surface area contributed by atoms with Crippen molar-refractivity contribution < 1.29 is 4.79 Å². The maximum atomic E-state index is 11.2. The Hall–Kier alpha value is -1.74. The van der Waals surface area contributed by atoms with Crippen LogP contribution in [0.25, 0.3) is 11.1 Å². The van der Waals surface area contributed by atoms with Gasteiger partial charge in [0.15, 0.2) is 0 Å². The second-order valence-corrected chi connectivity index (χ2v) is 8.27. The molecular formula is C22H27NOS. The molecule has 2 nitrogen and oxygen atoms in total. The van der Waals surface area contributed by atoms with Crippen molar-refractivity contribution in [2.45, 2.75) is 55.1 Å². The van der Waals surface area contributed by atoms with Crippen LogP contribution in [0.1, 0.15) is 44.9 Å². The molecule has 0 unspecified atom stereocenters. The number of hydrogen-bond donors (Lipinski definition) is 1. The summed E-state index contributed by atoms with van der Waals surface area (Å²) in [5.41, 5.74) is 7.92. The summed E-state index contributed by atoms with van der Waals surface area (Å²) in [6, 6.07) is 19.4. The van der Waals surface area contributed by atoms with Gasteiger partial charge in [-0.05, 0) is 48.4 Å². The smallest absolute Gasteiger partial charge is 0.217 e. The first-order valence-electron chi connectivity index (χ1n) is 9.33. The average Bonchev–Trinajstić information content (AvgIpc) is 2.86. The molecule has 1 aliphatic carbocycles. The van der Waals surface area contributed by atoms with E-state index < -0.39 is 0 Å². The number of carbonyl (C=O) groups excluding carboxylic acids is 1. The maximum Gasteiger partial charge on any atom is 0.217 e. The fraction of sp³-hybridized carbons (Fsp3) is 0.409. The molecule has 1 amide bonds. The second-order valence-electron chi connectivity index (χ2n) is 6.95. The van der Waals surface area contributed by atoms with Gasteiger partial charge < -0.3 is 5.73 Å². The Morgan fingerprint density at radius 1 is 0.960 bits per heavy atom. The van der Waals surface area contributed by atoms with Gasteiger partial charge in [0, 0.05) is 16.6 Å². The van der Waals surface area contributed by atoms with Crippen LogP contribution in [-0.2, 0) is 4.79 Å². The zero-order valence-electron chi connectivity index (χ0n) is 14.7. The first-order valence-corrected chi connectivity index (χ1v) is 10.2. The Labute approximate surface area is 155 Å². The minimum absolute atomic E-state index is 0.168. The molecule has 0 aliphatic heterocycles. The number of primary amides is 1. The fourth-order valence-electron chi connectivity index (χ4n) is 3.72. The Morgan fingerprint density at radius 3 is 2.52 bits per heavy atom. The van der Waals surface area contributed by atoms with Crippen LogP contribution in [0, 0.1) is 5.92 Å². The molecule has 2 aromatic carbocycles. The third-order valence-electron chi connectivity index (χ3n) is 5.08. The van der Waals surface area contributed by atoms with Gasteiger partial charge in [0.05, 0.1) is 0 Å². The molecule has 0 aromatic heterocycles. The van der Waals surface area contributed by atoms with Crippen molar-refractivity contribution in [3.8, 4) is 11.1 Å². The maximum absolute atomic E-state index is 11.2. The second kappa shape index (κ2) is 9.10. The van der Waals surface area contributed by atoms with Gasteiger partial charge in [0.25, 0.3) is 0 Å². The summed E-state index contributed by atoms with van der Waals surface area (Å²) < 4.78 is 0. The summed E-state index contributed by atoms with van der Waals surface area (Å²) in [7, 11) is 0. The average molecular weight is 354 g/mol. The van der Waals surface area contributed by atoms with E-state index in [4.69, 9.17) is 5.73 Å². The van der Waals surface area contributed by atoms with Gasteiger partial charge in [0.1, 0.15) is 0 Å². The predicted octanol–water partition coefficient (Wildman–Crippen LogP) is 5.66. The van der Waals surface area contributed by atoms with E-state index in [1.807, 2.05) is 11.8 Å². The van der Waals surface area contributed by atoms with Crippen LogP contribution in [0.4, 0.5) is 0 Å². The van der Waals surface area contributed by atoms with E-state index in [0.29, 0.717) is 17.6 Å². The first-order chi connectivity index (χ1) is 12.2. The van der Waals surface area contributed by atoms with Crippen molar-refractivity contribution in [3.05, 3.63) is 54.6 Å². The van der Waals surface area contributed by atoms with Gasteiger partial charge >= 0.3 is 0 Å². The standard InChI is InChI=1S/C22H27NOS/c23-22(24)15-14-18-10-5-2-6-13-21(18)25-20-12-7-11-19(16-20)17-8-3-1-4-9-17/h1,3-4,7-9,11-12,16,18,21H,2,5-6,10,13-15H2,(H2,23,24)/t18-,21+/m1/s1. The van der Waals surface area contributed by atoms with Crippen LogP contribution in [-0.4, -0.2) is 11.2 Å². The van der Waals surface area contributed by atoms with Crippen LogP contribution >= 0.6 is 11.8 Å². The van der Waals surface area contributed by atoms with E-state index in [1.54, 1.807) is 0 Å². The number of carbonyl (C=O) groups is 1. The van der Waals surface area contributed by atoms with E-state index in [-0.39, 0.29) is 5.91 Å². The molecule has 0 saturated heterocycles. The molecule has 2 aromatic rings. The van der Waals surface area contributed by atoms with Gasteiger partial charge in [-0.1, -0.05) is 61.7 Å². The molecule has 0 heterocycles. The molecule has 2 atom stereocenters. The van der Waals surface area contributed by atoms with Crippen molar-refractivity contribution >= 4 is 17.7 Å². The Kier molecular flexibility index (Phi) is 6.57. The Morgan fingerprint density at radius 2 is 1.72 bits per heavy atom. The van der Waals surface area contributed by atoms with E-state index in [0.717, 1.165) is 6.42 Å². The zero-order chi connectivity index (χ0) is 17.5. The third kappa shape index (κ3) is 5.37. The van der Waals surface area contributed by atoms with Crippen LogP contribution < -0.4 is 5.73 Å². The zero-order valence-corrected chi connectivity index (χ0v) is 15.5. The van der Waals surface area contributed by atoms with E-state index >= 15 is 0 Å². The molecular weight excluding hydrogens is 326 g/mol. The lowest BCUT2D eigenvalue weighted by Gasteiger charge is -2.24. The van der Waals surface area contributed by atoms with Crippen molar-refractivity contribution in [1.29, 1.82) is 0 Å². The fourth-order valence-corrected chi connectivity index (χ4v) is 5.17. The van der Waals surface area contributed by atoms with Gasteiger partial charge in [-0.3, -0.25) is 4.79 Å². The van der Waals surface area contributed by atoms with Crippen LogP contribution in [0.15, 0.2) is 59.5 Å². The number of hydrogen-bond acceptors (Lipinski definition) is 2. The predicted molar refractivity (Wildman–Crippen MR) is 107 cm³/mol. The van der Waals surface area contributed by atoms with Crippen LogP contribution in [0.2, 0.25) is 0 Å². The third-order valence-corrected chi connectivity index (χ3v) is 6.53. The normalized spacial score (nSPS) is 20.8. The van der Waals surface area contributed by atoms with Gasteiger partial charge in [-0.2, -0.15) is 0 Å². The lowest BCUT2D eigenvalue weighted by atomic mass is 9.94. The minimum atomic E-state index is -0.168. The van der Waals surface area contributed by atoms with Gasteiger partial charge in [-0.25, -0.2) is 0 Å². The van der Waals surface area contributed by atoms with Crippen molar-refractivity contribution in [2.75, 3.05) is 0 Å². The summed E-state index contributed by atoms with van der Waals surface area (Å²) >= 11 is 1.99. The SMILES string of the molecule is NC(=O)CC[C@H]1CCCCC[C@@H]1Sc1cccc(-c2ccccc2)c1. The first kappa shape index (κ1) is 18.1. The van der Waals surface area contributed by atoms with Crippen molar-refractivity contribution in [3.63, 3.8) is 0 Å². The topological polar surface area (TPSA) is 43.1 Å². The highest BCUT2D eigenvalue weighted by molar-refractivity contribution is 8.00. The number of rotatable bonds is 6. The summed E-state index contributed by atoms with van der Waals surface area (Å²) in [5.74, 6) is 0.430. The monoisotopic (exact) mass is 353 g/mol. The Bertz CT molecular complexity index is 685. The van der Waals surface area contributed by atoms with Crippen LogP contribution in [0.3, 0.4) is 0 Å². The molecule has 0 radical (unpaired) electrons. The molecule has 25 heavy (non-hydrogen) atoms. The Balaban J connectivity index is 1.73. The van der Waals surface area contributed by atoms with Crippen molar-refractivity contribution in [1.82, 2.24) is 0 Å². The lowest BCUT2D eigenvalue weighted by molar-refractivity contribution is -0.118. The summed E-state index contributed by atoms with van der Waals surface area (Å²) in [6.07, 6.45) is 7.81. The molecule has 2 N–H and O–H groups in total. The summed E-state index contributed by atoms with van der Waals surface area (Å²) in [5, 5.41) is 0.591. The van der Waals surface area contributed by atoms with E-state index in [1.165, 1.54) is 48.1 Å². The van der Waals surface area contributed by atoms with E-state index in [2.05, 4.69) is 54.6 Å². The number of nitrogens with two attached hydrogens (primary N) is 1. The quantitative estimate of drug-likeness (QED) is 0.681. The van der Waals surface area contributed by atoms with E-state index in [9.17, 15) is 4.79 Å². The number of benzene rings is 2. The number of thioether (sulfide) groups is 1.